The van der Waals surface area contributed by atoms with Gasteiger partial charge in [-0.05, 0) is 62.6 Å². The fraction of sp³-hybridized carbons (Fsp3) is 0.480. The van der Waals surface area contributed by atoms with E-state index in [4.69, 9.17) is 0 Å². The van der Waals surface area contributed by atoms with Crippen LogP contribution in [0.25, 0.3) is 0 Å². The van der Waals surface area contributed by atoms with Crippen molar-refractivity contribution in [2.24, 2.45) is 5.92 Å². The minimum atomic E-state index is -1.04. The van der Waals surface area contributed by atoms with E-state index in [9.17, 15) is 14.4 Å². The van der Waals surface area contributed by atoms with E-state index >= 15 is 0 Å². The zero-order chi connectivity index (χ0) is 22.3. The fourth-order valence-electron chi connectivity index (χ4n) is 5.00. The Hall–Kier alpha value is -2.89. The average Bonchev–Trinajstić information content (AvgIpc) is 3.15. The maximum atomic E-state index is 13.4. The van der Waals surface area contributed by atoms with Crippen LogP contribution in [-0.4, -0.2) is 33.7 Å². The molecule has 31 heavy (non-hydrogen) atoms. The number of imide groups is 1. The molecule has 3 amide bonds. The first-order valence-corrected chi connectivity index (χ1v) is 11.2. The van der Waals surface area contributed by atoms with Gasteiger partial charge in [-0.25, -0.2) is 4.79 Å². The van der Waals surface area contributed by atoms with Gasteiger partial charge in [-0.3, -0.25) is 14.5 Å². The SMILES string of the molecule is Cc1cc(C(=O)CN2C(=O)N[C@]3(CCCc4ccccc43)C2=O)c(C)n1CCC(C)C. The highest BCUT2D eigenvalue weighted by atomic mass is 16.2. The van der Waals surface area contributed by atoms with E-state index in [0.29, 0.717) is 17.9 Å². The molecule has 2 aliphatic rings. The van der Waals surface area contributed by atoms with Gasteiger partial charge in [0.15, 0.2) is 5.78 Å². The maximum absolute atomic E-state index is 13.4. The van der Waals surface area contributed by atoms with Crippen LogP contribution in [0.2, 0.25) is 0 Å². The fourth-order valence-corrected chi connectivity index (χ4v) is 5.00. The number of urea groups is 1. The third-order valence-electron chi connectivity index (χ3n) is 6.76. The molecule has 1 fully saturated rings. The number of nitrogens with zero attached hydrogens (tertiary/aromatic N) is 2. The lowest BCUT2D eigenvalue weighted by atomic mass is 9.76. The molecule has 6 nitrogen and oxygen atoms in total. The van der Waals surface area contributed by atoms with Crippen LogP contribution in [0.5, 0.6) is 0 Å². The van der Waals surface area contributed by atoms with Crippen LogP contribution in [0.1, 0.15) is 66.0 Å². The standard InChI is InChI=1S/C25H31N3O3/c1-16(2)11-13-27-17(3)14-20(18(27)4)22(29)15-28-23(30)25(26-24(28)31)12-7-9-19-8-5-6-10-21(19)25/h5-6,8,10,14,16H,7,9,11-13,15H2,1-4H3,(H,26,31)/t25-/m0/s1. The predicted molar refractivity (Wildman–Crippen MR) is 119 cm³/mol. The van der Waals surface area contributed by atoms with Crippen molar-refractivity contribution in [3.05, 3.63) is 58.4 Å². The first-order valence-electron chi connectivity index (χ1n) is 11.2. The van der Waals surface area contributed by atoms with E-state index < -0.39 is 11.6 Å². The van der Waals surface area contributed by atoms with Crippen molar-refractivity contribution in [1.29, 1.82) is 0 Å². The first-order chi connectivity index (χ1) is 14.7. The number of amides is 3. The number of ketones is 1. The minimum absolute atomic E-state index is 0.200. The van der Waals surface area contributed by atoms with Crippen LogP contribution in [0.3, 0.4) is 0 Å². The Morgan fingerprint density at radius 2 is 1.94 bits per heavy atom. The Bertz CT molecular complexity index is 1050. The molecule has 1 aliphatic carbocycles. The number of hydrogen-bond acceptors (Lipinski definition) is 3. The summed E-state index contributed by atoms with van der Waals surface area (Å²) < 4.78 is 2.15. The summed E-state index contributed by atoms with van der Waals surface area (Å²) in [5.74, 6) is 0.0565. The summed E-state index contributed by atoms with van der Waals surface area (Å²) in [6, 6.07) is 9.17. The summed E-state index contributed by atoms with van der Waals surface area (Å²) >= 11 is 0. The maximum Gasteiger partial charge on any atom is 0.325 e. The molecule has 1 aromatic heterocycles. The van der Waals surface area contributed by atoms with Crippen LogP contribution >= 0.6 is 0 Å². The van der Waals surface area contributed by atoms with Gasteiger partial charge in [0.2, 0.25) is 0 Å². The van der Waals surface area contributed by atoms with Crippen LogP contribution in [0.4, 0.5) is 4.79 Å². The lowest BCUT2D eigenvalue weighted by Gasteiger charge is -2.33. The van der Waals surface area contributed by atoms with Gasteiger partial charge >= 0.3 is 6.03 Å². The number of benzene rings is 1. The Balaban J connectivity index is 1.57. The summed E-state index contributed by atoms with van der Waals surface area (Å²) in [6.07, 6.45) is 3.30. The van der Waals surface area contributed by atoms with Crippen LogP contribution in [0, 0.1) is 19.8 Å². The third-order valence-corrected chi connectivity index (χ3v) is 6.76. The van der Waals surface area contributed by atoms with Crippen LogP contribution < -0.4 is 5.32 Å². The molecular weight excluding hydrogens is 390 g/mol. The van der Waals surface area contributed by atoms with Crippen LogP contribution in [-0.2, 0) is 23.3 Å². The second-order valence-electron chi connectivity index (χ2n) is 9.28. The van der Waals surface area contributed by atoms with Crippen molar-refractivity contribution in [2.45, 2.75) is 65.5 Å². The molecule has 0 radical (unpaired) electrons. The molecular formula is C25H31N3O3. The minimum Gasteiger partial charge on any atom is -0.348 e. The Morgan fingerprint density at radius 3 is 2.68 bits per heavy atom. The smallest absolute Gasteiger partial charge is 0.325 e. The van der Waals surface area contributed by atoms with Gasteiger partial charge in [-0.1, -0.05) is 38.1 Å². The molecule has 1 aromatic carbocycles. The quantitative estimate of drug-likeness (QED) is 0.563. The van der Waals surface area contributed by atoms with E-state index in [1.165, 1.54) is 0 Å². The molecule has 0 unspecified atom stereocenters. The number of aryl methyl sites for hydroxylation is 2. The predicted octanol–water partition coefficient (Wildman–Crippen LogP) is 4.12. The number of aromatic nitrogens is 1. The average molecular weight is 422 g/mol. The van der Waals surface area contributed by atoms with Crippen molar-refractivity contribution in [3.8, 4) is 0 Å². The van der Waals surface area contributed by atoms with Crippen molar-refractivity contribution in [1.82, 2.24) is 14.8 Å². The van der Waals surface area contributed by atoms with Gasteiger partial charge in [-0.15, -0.1) is 0 Å². The number of nitrogens with one attached hydrogen (secondary N) is 1. The Morgan fingerprint density at radius 1 is 1.19 bits per heavy atom. The Labute approximate surface area is 183 Å². The highest BCUT2D eigenvalue weighted by Gasteiger charge is 2.54. The highest BCUT2D eigenvalue weighted by Crippen LogP contribution is 2.40. The molecule has 1 atom stereocenters. The summed E-state index contributed by atoms with van der Waals surface area (Å²) in [4.78, 5) is 40.5. The molecule has 0 saturated carbocycles. The summed E-state index contributed by atoms with van der Waals surface area (Å²) in [6.45, 7) is 8.90. The molecule has 6 heteroatoms. The molecule has 1 saturated heterocycles. The summed E-state index contributed by atoms with van der Waals surface area (Å²) in [7, 11) is 0. The first kappa shape index (κ1) is 21.3. The third kappa shape index (κ3) is 3.58. The number of hydrogen-bond donors (Lipinski definition) is 1. The number of fused-ring (bicyclic) bond motifs is 2. The van der Waals surface area contributed by atoms with Gasteiger partial charge in [0.1, 0.15) is 5.54 Å². The van der Waals surface area contributed by atoms with Gasteiger partial charge in [-0.2, -0.15) is 0 Å². The van der Waals surface area contributed by atoms with Crippen molar-refractivity contribution < 1.29 is 14.4 Å². The number of carbonyl (C=O) groups is 3. The molecule has 2 heterocycles. The van der Waals surface area contributed by atoms with Gasteiger partial charge in [0.05, 0.1) is 6.54 Å². The van der Waals surface area contributed by atoms with E-state index in [1.54, 1.807) is 0 Å². The van der Waals surface area contributed by atoms with E-state index in [1.807, 2.05) is 44.2 Å². The van der Waals surface area contributed by atoms with Crippen molar-refractivity contribution >= 4 is 17.7 Å². The monoisotopic (exact) mass is 421 g/mol. The zero-order valence-electron chi connectivity index (χ0n) is 18.8. The lowest BCUT2D eigenvalue weighted by Crippen LogP contribution is -2.46. The second kappa shape index (κ2) is 7.98. The van der Waals surface area contributed by atoms with Gasteiger partial charge in [0, 0.05) is 23.5 Å². The zero-order valence-corrected chi connectivity index (χ0v) is 18.8. The van der Waals surface area contributed by atoms with Gasteiger partial charge in [0.25, 0.3) is 5.91 Å². The van der Waals surface area contributed by atoms with E-state index in [-0.39, 0.29) is 18.2 Å². The summed E-state index contributed by atoms with van der Waals surface area (Å²) in [5.41, 5.74) is 3.42. The number of Topliss-reactive ketones (excluding diaryl/α,β-unsaturated/α-hetero) is 1. The molecule has 1 aliphatic heterocycles. The Kier molecular flexibility index (Phi) is 5.50. The van der Waals surface area contributed by atoms with Crippen molar-refractivity contribution in [3.63, 3.8) is 0 Å². The van der Waals surface area contributed by atoms with Gasteiger partial charge < -0.3 is 9.88 Å². The molecule has 1 N–H and O–H groups in total. The molecule has 2 aromatic rings. The largest absolute Gasteiger partial charge is 0.348 e. The lowest BCUT2D eigenvalue weighted by molar-refractivity contribution is -0.131. The molecule has 4 rings (SSSR count). The number of rotatable bonds is 6. The summed E-state index contributed by atoms with van der Waals surface area (Å²) in [5, 5.41) is 2.93. The van der Waals surface area contributed by atoms with Crippen LogP contribution in [0.15, 0.2) is 30.3 Å². The second-order valence-corrected chi connectivity index (χ2v) is 9.28. The van der Waals surface area contributed by atoms with E-state index in [0.717, 1.165) is 53.2 Å². The normalized spacial score (nSPS) is 20.5. The molecule has 0 bridgehead atoms. The van der Waals surface area contributed by atoms with Crippen molar-refractivity contribution in [2.75, 3.05) is 6.54 Å². The van der Waals surface area contributed by atoms with E-state index in [2.05, 4.69) is 23.7 Å². The number of carbonyl (C=O) groups excluding carboxylic acids is 3. The molecule has 164 valence electrons. The molecule has 1 spiro atoms. The highest BCUT2D eigenvalue weighted by molar-refractivity contribution is 6.11. The topological polar surface area (TPSA) is 71.4 Å².